The van der Waals surface area contributed by atoms with Crippen LogP contribution in [0.5, 0.6) is 11.5 Å². The van der Waals surface area contributed by atoms with Crippen LogP contribution in [0.4, 0.5) is 5.69 Å². The Hall–Kier alpha value is -4.05. The fourth-order valence-electron chi connectivity index (χ4n) is 5.01. The number of carbonyl (C=O) groups excluding carboxylic acids is 2. The van der Waals surface area contributed by atoms with Crippen LogP contribution in [0.25, 0.3) is 10.6 Å². The van der Waals surface area contributed by atoms with Crippen LogP contribution in [-0.4, -0.2) is 59.8 Å². The molecule has 0 aliphatic carbocycles. The molecule has 2 amide bonds. The number of ether oxygens (including phenoxy) is 1. The van der Waals surface area contributed by atoms with E-state index in [0.717, 1.165) is 35.1 Å². The molecule has 2 N–H and O–H groups in total. The Morgan fingerprint density at radius 3 is 2.65 bits per heavy atom. The topological polar surface area (TPSA) is 86.8 Å². The average molecular weight is 554 g/mol. The van der Waals surface area contributed by atoms with Gasteiger partial charge in [0.2, 0.25) is 0 Å². The summed E-state index contributed by atoms with van der Waals surface area (Å²) in [5.41, 5.74) is 4.45. The molecule has 1 fully saturated rings. The van der Waals surface area contributed by atoms with Gasteiger partial charge in [0.15, 0.2) is 5.75 Å². The van der Waals surface area contributed by atoms with E-state index >= 15 is 0 Å². The summed E-state index contributed by atoms with van der Waals surface area (Å²) in [6, 6.07) is 19.8. The van der Waals surface area contributed by atoms with Crippen molar-refractivity contribution in [1.29, 1.82) is 0 Å². The lowest BCUT2D eigenvalue weighted by Crippen LogP contribution is -2.56. The fourth-order valence-corrected chi connectivity index (χ4v) is 5.87. The lowest BCUT2D eigenvalue weighted by atomic mass is 10.0. The second-order valence-electron chi connectivity index (χ2n) is 10.5. The number of likely N-dealkylation sites (tertiary alicyclic amines) is 1. The van der Waals surface area contributed by atoms with E-state index in [-0.39, 0.29) is 11.8 Å². The molecule has 3 aromatic carbocycles. The van der Waals surface area contributed by atoms with Crippen molar-refractivity contribution in [3.63, 3.8) is 0 Å². The average Bonchev–Trinajstić information content (AvgIpc) is 3.34. The molecule has 4 aromatic rings. The molecule has 6 rings (SSSR count). The third-order valence-electron chi connectivity index (χ3n) is 7.51. The lowest BCUT2D eigenvalue weighted by Gasteiger charge is -2.42. The summed E-state index contributed by atoms with van der Waals surface area (Å²) in [5.74, 6) is 0.505. The monoisotopic (exact) mass is 553 g/mol. The summed E-state index contributed by atoms with van der Waals surface area (Å²) in [4.78, 5) is 36.1. The number of hydrogen-bond acceptors (Lipinski definition) is 7. The van der Waals surface area contributed by atoms with Crippen LogP contribution in [-0.2, 0) is 13.1 Å². The van der Waals surface area contributed by atoms with E-state index in [4.69, 9.17) is 4.74 Å². The van der Waals surface area contributed by atoms with Crippen molar-refractivity contribution >= 4 is 28.8 Å². The molecule has 9 heteroatoms. The van der Waals surface area contributed by atoms with Crippen molar-refractivity contribution in [3.05, 3.63) is 94.0 Å². The number of para-hydroxylation sites is 1. The molecule has 0 unspecified atom stereocenters. The highest BCUT2D eigenvalue weighted by Crippen LogP contribution is 2.38. The standard InChI is InChI=1S/C31H31N5O3S/c1-19-24(12-13-27-28(19)34-30(38)25-6-4-5-7-26(25)39-27)29(37)32-14-23-15-33-31(40-23)21-10-8-20(9-11-21)16-36-17-22(18-36)35(2)3/h4-13,15,22H,14,16-18H2,1-3H3,(H,32,37)(H,34,38). The van der Waals surface area contributed by atoms with Crippen molar-refractivity contribution in [2.45, 2.75) is 26.1 Å². The largest absolute Gasteiger partial charge is 0.454 e. The Morgan fingerprint density at radius 1 is 1.10 bits per heavy atom. The summed E-state index contributed by atoms with van der Waals surface area (Å²) < 4.78 is 5.98. The van der Waals surface area contributed by atoms with E-state index in [9.17, 15) is 9.59 Å². The number of benzene rings is 3. The van der Waals surface area contributed by atoms with Crippen molar-refractivity contribution in [3.8, 4) is 22.1 Å². The van der Waals surface area contributed by atoms with Gasteiger partial charge in [-0.15, -0.1) is 11.3 Å². The summed E-state index contributed by atoms with van der Waals surface area (Å²) in [5, 5.41) is 6.83. The Morgan fingerprint density at radius 2 is 1.88 bits per heavy atom. The maximum atomic E-state index is 13.1. The van der Waals surface area contributed by atoms with Gasteiger partial charge in [0.05, 0.1) is 17.8 Å². The van der Waals surface area contributed by atoms with Crippen molar-refractivity contribution in [2.75, 3.05) is 32.5 Å². The van der Waals surface area contributed by atoms with Gasteiger partial charge in [-0.2, -0.15) is 0 Å². The fraction of sp³-hybridized carbons (Fsp3) is 0.258. The highest BCUT2D eigenvalue weighted by atomic mass is 32.1. The third kappa shape index (κ3) is 5.23. The highest BCUT2D eigenvalue weighted by molar-refractivity contribution is 7.15. The number of nitrogens with zero attached hydrogens (tertiary/aromatic N) is 3. The lowest BCUT2D eigenvalue weighted by molar-refractivity contribution is 0.0574. The number of carbonyl (C=O) groups is 2. The first-order valence-corrected chi connectivity index (χ1v) is 14.1. The van der Waals surface area contributed by atoms with Crippen molar-refractivity contribution in [1.82, 2.24) is 20.1 Å². The number of nitrogens with one attached hydrogen (secondary N) is 2. The highest BCUT2D eigenvalue weighted by Gasteiger charge is 2.28. The zero-order valence-electron chi connectivity index (χ0n) is 22.7. The zero-order valence-corrected chi connectivity index (χ0v) is 23.5. The van der Waals surface area contributed by atoms with Gasteiger partial charge in [0.25, 0.3) is 11.8 Å². The number of thiazole rings is 1. The molecule has 8 nitrogen and oxygen atoms in total. The molecule has 0 bridgehead atoms. The molecule has 0 atom stereocenters. The molecule has 2 aliphatic rings. The molecular weight excluding hydrogens is 522 g/mol. The summed E-state index contributed by atoms with van der Waals surface area (Å²) >= 11 is 1.57. The van der Waals surface area contributed by atoms with Gasteiger partial charge >= 0.3 is 0 Å². The Bertz CT molecular complexity index is 1570. The van der Waals surface area contributed by atoms with Crippen molar-refractivity contribution in [2.24, 2.45) is 0 Å². The minimum absolute atomic E-state index is 0.224. The number of amides is 2. The van der Waals surface area contributed by atoms with Gasteiger partial charge in [-0.3, -0.25) is 14.5 Å². The Balaban J connectivity index is 1.08. The van der Waals surface area contributed by atoms with Gasteiger partial charge in [0.1, 0.15) is 10.8 Å². The quantitative estimate of drug-likeness (QED) is 0.329. The summed E-state index contributed by atoms with van der Waals surface area (Å²) in [6.07, 6.45) is 1.81. The minimum atomic E-state index is -0.265. The minimum Gasteiger partial charge on any atom is -0.454 e. The first-order chi connectivity index (χ1) is 19.4. The SMILES string of the molecule is Cc1c(C(=O)NCc2cnc(-c3ccc(CN4CC(N(C)C)C4)cc3)s2)ccc2c1NC(=O)c1ccccc1O2. The predicted octanol–water partition coefficient (Wildman–Crippen LogP) is 5.15. The van der Waals surface area contributed by atoms with Gasteiger partial charge in [-0.05, 0) is 56.4 Å². The van der Waals surface area contributed by atoms with Crippen LogP contribution in [0.1, 0.15) is 36.7 Å². The molecule has 0 saturated carbocycles. The van der Waals surface area contributed by atoms with E-state index in [1.807, 2.05) is 19.2 Å². The van der Waals surface area contributed by atoms with Gasteiger partial charge in [-0.1, -0.05) is 36.4 Å². The van der Waals surface area contributed by atoms with Gasteiger partial charge < -0.3 is 20.3 Å². The zero-order chi connectivity index (χ0) is 27.8. The normalized spacial score (nSPS) is 14.9. The van der Waals surface area contributed by atoms with Crippen LogP contribution < -0.4 is 15.4 Å². The molecule has 1 saturated heterocycles. The molecule has 3 heterocycles. The van der Waals surface area contributed by atoms with E-state index in [0.29, 0.717) is 46.5 Å². The molecule has 0 spiro atoms. The van der Waals surface area contributed by atoms with Crippen LogP contribution >= 0.6 is 11.3 Å². The number of fused-ring (bicyclic) bond motifs is 2. The molecule has 40 heavy (non-hydrogen) atoms. The summed E-state index contributed by atoms with van der Waals surface area (Å²) in [6.45, 7) is 5.35. The number of aromatic nitrogens is 1. The molecule has 204 valence electrons. The number of anilines is 1. The second-order valence-corrected chi connectivity index (χ2v) is 11.6. The number of likely N-dealkylation sites (N-methyl/N-ethyl adjacent to an activating group) is 1. The van der Waals surface area contributed by atoms with Gasteiger partial charge in [-0.25, -0.2) is 4.98 Å². The maximum absolute atomic E-state index is 13.1. The molecule has 1 aromatic heterocycles. The molecular formula is C31H31N5O3S. The summed E-state index contributed by atoms with van der Waals surface area (Å²) in [7, 11) is 4.27. The van der Waals surface area contributed by atoms with E-state index in [1.165, 1.54) is 5.56 Å². The predicted molar refractivity (Wildman–Crippen MR) is 157 cm³/mol. The first kappa shape index (κ1) is 26.2. The maximum Gasteiger partial charge on any atom is 0.259 e. The van der Waals surface area contributed by atoms with E-state index in [1.54, 1.807) is 41.7 Å². The van der Waals surface area contributed by atoms with Gasteiger partial charge in [0, 0.05) is 47.9 Å². The Kier molecular flexibility index (Phi) is 7.10. The second kappa shape index (κ2) is 10.8. The van der Waals surface area contributed by atoms with Crippen molar-refractivity contribution < 1.29 is 14.3 Å². The van der Waals surface area contributed by atoms with Crippen LogP contribution in [0.3, 0.4) is 0 Å². The molecule has 2 aliphatic heterocycles. The smallest absolute Gasteiger partial charge is 0.259 e. The van der Waals surface area contributed by atoms with Crippen LogP contribution in [0.15, 0.2) is 66.9 Å². The molecule has 0 radical (unpaired) electrons. The third-order valence-corrected chi connectivity index (χ3v) is 8.56. The number of rotatable bonds is 7. The first-order valence-electron chi connectivity index (χ1n) is 13.3. The Labute approximate surface area is 237 Å². The van der Waals surface area contributed by atoms with Crippen LogP contribution in [0, 0.1) is 6.92 Å². The van der Waals surface area contributed by atoms with E-state index < -0.39 is 0 Å². The van der Waals surface area contributed by atoms with E-state index in [2.05, 4.69) is 63.8 Å². The van der Waals surface area contributed by atoms with Crippen LogP contribution in [0.2, 0.25) is 0 Å². The number of hydrogen-bond donors (Lipinski definition) is 2.